The lowest BCUT2D eigenvalue weighted by Gasteiger charge is -2.27. The number of rotatable bonds is 6. The van der Waals surface area contributed by atoms with Crippen LogP contribution < -0.4 is 5.32 Å². The molecule has 2 rings (SSSR count). The molecule has 0 fully saturated rings. The van der Waals surface area contributed by atoms with E-state index in [2.05, 4.69) is 20.7 Å². The number of carbonyl (C=O) groups excluding carboxylic acids is 1. The Labute approximate surface area is 139 Å². The average Bonchev–Trinajstić information content (AvgIpc) is 2.94. The first-order valence-electron chi connectivity index (χ1n) is 7.31. The molecular formula is C15H20ClN5O2. The first-order chi connectivity index (χ1) is 10.8. The summed E-state index contributed by atoms with van der Waals surface area (Å²) in [4.78, 5) is 13.1. The number of aliphatic hydroxyl groups is 1. The summed E-state index contributed by atoms with van der Waals surface area (Å²) in [5.41, 5.74) is -0.191. The van der Waals surface area contributed by atoms with Crippen LogP contribution in [0.5, 0.6) is 0 Å². The molecule has 1 aromatic carbocycles. The molecule has 124 valence electrons. The average molecular weight is 338 g/mol. The number of benzene rings is 1. The minimum atomic E-state index is -0.958. The molecule has 8 heteroatoms. The second-order valence-corrected chi connectivity index (χ2v) is 6.38. The third-order valence-electron chi connectivity index (χ3n) is 3.73. The van der Waals surface area contributed by atoms with Crippen molar-refractivity contribution in [1.82, 2.24) is 25.5 Å². The molecule has 1 unspecified atom stereocenters. The van der Waals surface area contributed by atoms with Gasteiger partial charge in [0.15, 0.2) is 0 Å². The molecule has 0 saturated carbocycles. The van der Waals surface area contributed by atoms with E-state index >= 15 is 0 Å². The van der Waals surface area contributed by atoms with Gasteiger partial charge >= 0.3 is 0 Å². The van der Waals surface area contributed by atoms with Crippen molar-refractivity contribution in [3.05, 3.63) is 29.3 Å². The molecule has 1 amide bonds. The van der Waals surface area contributed by atoms with Crippen LogP contribution in [-0.2, 0) is 11.3 Å². The van der Waals surface area contributed by atoms with Crippen LogP contribution in [0.4, 0.5) is 0 Å². The molecule has 0 spiro atoms. The second kappa shape index (κ2) is 7.06. The molecule has 2 aromatic rings. The van der Waals surface area contributed by atoms with Gasteiger partial charge in [0, 0.05) is 17.1 Å². The van der Waals surface area contributed by atoms with Crippen LogP contribution in [0.3, 0.4) is 0 Å². The molecule has 0 aliphatic rings. The van der Waals surface area contributed by atoms with Crippen LogP contribution in [0, 0.1) is 5.92 Å². The van der Waals surface area contributed by atoms with E-state index in [1.165, 1.54) is 4.80 Å². The number of carbonyl (C=O) groups is 1. The lowest BCUT2D eigenvalue weighted by atomic mass is 9.92. The van der Waals surface area contributed by atoms with Crippen molar-refractivity contribution < 1.29 is 9.90 Å². The van der Waals surface area contributed by atoms with E-state index in [0.717, 1.165) is 5.56 Å². The van der Waals surface area contributed by atoms with Gasteiger partial charge in [0.05, 0.1) is 5.60 Å². The van der Waals surface area contributed by atoms with Crippen LogP contribution in [0.15, 0.2) is 24.3 Å². The molecule has 1 heterocycles. The highest BCUT2D eigenvalue weighted by atomic mass is 35.5. The summed E-state index contributed by atoms with van der Waals surface area (Å²) in [7, 11) is 0. The van der Waals surface area contributed by atoms with E-state index < -0.39 is 5.60 Å². The molecule has 1 aromatic heterocycles. The number of halogens is 1. The zero-order valence-corrected chi connectivity index (χ0v) is 14.1. The molecule has 2 N–H and O–H groups in total. The molecule has 7 nitrogen and oxygen atoms in total. The largest absolute Gasteiger partial charge is 0.388 e. The fraction of sp³-hybridized carbons (Fsp3) is 0.467. The summed E-state index contributed by atoms with van der Waals surface area (Å²) in [6.07, 6.45) is 0. The molecule has 0 aliphatic heterocycles. The standard InChI is InChI=1S/C15H20ClN5O2/c1-10(2)15(3,23)9-17-13(22)8-21-19-14(18-20-21)11-4-6-12(16)7-5-11/h4-7,10,23H,8-9H2,1-3H3,(H,17,22). The topological polar surface area (TPSA) is 92.9 Å². The number of aromatic nitrogens is 4. The maximum absolute atomic E-state index is 11.9. The normalized spacial score (nSPS) is 13.8. The van der Waals surface area contributed by atoms with Crippen molar-refractivity contribution in [2.45, 2.75) is 32.9 Å². The summed E-state index contributed by atoms with van der Waals surface area (Å²) in [5, 5.41) is 25.3. The Balaban J connectivity index is 1.94. The Morgan fingerprint density at radius 3 is 2.65 bits per heavy atom. The van der Waals surface area contributed by atoms with Gasteiger partial charge in [0.2, 0.25) is 11.7 Å². The first-order valence-corrected chi connectivity index (χ1v) is 7.68. The highest BCUT2D eigenvalue weighted by Gasteiger charge is 2.25. The minimum Gasteiger partial charge on any atom is -0.388 e. The maximum Gasteiger partial charge on any atom is 0.243 e. The van der Waals surface area contributed by atoms with Gasteiger partial charge in [0.1, 0.15) is 6.54 Å². The zero-order valence-electron chi connectivity index (χ0n) is 13.3. The predicted molar refractivity (Wildman–Crippen MR) is 86.7 cm³/mol. The maximum atomic E-state index is 11.9. The van der Waals surface area contributed by atoms with Gasteiger partial charge in [-0.3, -0.25) is 4.79 Å². The van der Waals surface area contributed by atoms with Gasteiger partial charge in [-0.05, 0) is 42.3 Å². The quantitative estimate of drug-likeness (QED) is 0.833. The van der Waals surface area contributed by atoms with Crippen molar-refractivity contribution in [2.24, 2.45) is 5.92 Å². The monoisotopic (exact) mass is 337 g/mol. The molecule has 0 bridgehead atoms. The van der Waals surface area contributed by atoms with Gasteiger partial charge in [-0.25, -0.2) is 0 Å². The lowest BCUT2D eigenvalue weighted by molar-refractivity contribution is -0.123. The lowest BCUT2D eigenvalue weighted by Crippen LogP contribution is -2.45. The van der Waals surface area contributed by atoms with Crippen LogP contribution in [-0.4, -0.2) is 43.4 Å². The van der Waals surface area contributed by atoms with E-state index in [1.807, 2.05) is 13.8 Å². The number of nitrogens with one attached hydrogen (secondary N) is 1. The van der Waals surface area contributed by atoms with Crippen molar-refractivity contribution in [3.8, 4) is 11.4 Å². The molecule has 1 atom stereocenters. The van der Waals surface area contributed by atoms with Crippen molar-refractivity contribution in [3.63, 3.8) is 0 Å². The summed E-state index contributed by atoms with van der Waals surface area (Å²) in [5.74, 6) is 0.165. The van der Waals surface area contributed by atoms with Gasteiger partial charge in [-0.1, -0.05) is 25.4 Å². The Kier molecular flexibility index (Phi) is 5.33. The van der Waals surface area contributed by atoms with E-state index in [-0.39, 0.29) is 24.9 Å². The summed E-state index contributed by atoms with van der Waals surface area (Å²) in [6, 6.07) is 7.03. The Hall–Kier alpha value is -1.99. The molecular weight excluding hydrogens is 318 g/mol. The SMILES string of the molecule is CC(C)C(C)(O)CNC(=O)Cn1nnc(-c2ccc(Cl)cc2)n1. The number of hydrogen-bond donors (Lipinski definition) is 2. The fourth-order valence-corrected chi connectivity index (χ4v) is 1.82. The number of tetrazole rings is 1. The highest BCUT2D eigenvalue weighted by molar-refractivity contribution is 6.30. The second-order valence-electron chi connectivity index (χ2n) is 5.94. The van der Waals surface area contributed by atoms with E-state index in [9.17, 15) is 9.90 Å². The zero-order chi connectivity index (χ0) is 17.0. The summed E-state index contributed by atoms with van der Waals surface area (Å²) >= 11 is 5.83. The van der Waals surface area contributed by atoms with Gasteiger partial charge in [-0.2, -0.15) is 4.80 Å². The van der Waals surface area contributed by atoms with Crippen molar-refractivity contribution >= 4 is 17.5 Å². The number of amides is 1. The van der Waals surface area contributed by atoms with Gasteiger partial charge in [0.25, 0.3) is 0 Å². The summed E-state index contributed by atoms with van der Waals surface area (Å²) < 4.78 is 0. The van der Waals surface area contributed by atoms with Crippen LogP contribution in [0.2, 0.25) is 5.02 Å². The number of nitrogens with zero attached hydrogens (tertiary/aromatic N) is 4. The van der Waals surface area contributed by atoms with Crippen molar-refractivity contribution in [1.29, 1.82) is 0 Å². The van der Waals surface area contributed by atoms with Crippen molar-refractivity contribution in [2.75, 3.05) is 6.54 Å². The van der Waals surface area contributed by atoms with Gasteiger partial charge in [-0.15, -0.1) is 10.2 Å². The molecule has 23 heavy (non-hydrogen) atoms. The van der Waals surface area contributed by atoms with Crippen LogP contribution in [0.1, 0.15) is 20.8 Å². The third kappa shape index (κ3) is 4.74. The molecule has 0 saturated heterocycles. The predicted octanol–water partition coefficient (Wildman–Crippen LogP) is 1.52. The Morgan fingerprint density at radius 2 is 2.04 bits per heavy atom. The van der Waals surface area contributed by atoms with Crippen LogP contribution >= 0.6 is 11.6 Å². The Morgan fingerprint density at radius 1 is 1.39 bits per heavy atom. The molecule has 0 aliphatic carbocycles. The number of hydrogen-bond acceptors (Lipinski definition) is 5. The fourth-order valence-electron chi connectivity index (χ4n) is 1.69. The van der Waals surface area contributed by atoms with E-state index in [1.54, 1.807) is 31.2 Å². The van der Waals surface area contributed by atoms with Gasteiger partial charge < -0.3 is 10.4 Å². The first kappa shape index (κ1) is 17.4. The van der Waals surface area contributed by atoms with E-state index in [0.29, 0.717) is 10.8 Å². The van der Waals surface area contributed by atoms with Crippen LogP contribution in [0.25, 0.3) is 11.4 Å². The highest BCUT2D eigenvalue weighted by Crippen LogP contribution is 2.17. The third-order valence-corrected chi connectivity index (χ3v) is 3.98. The molecule has 0 radical (unpaired) electrons. The minimum absolute atomic E-state index is 0.0313. The summed E-state index contributed by atoms with van der Waals surface area (Å²) in [6.45, 7) is 5.58. The van der Waals surface area contributed by atoms with E-state index in [4.69, 9.17) is 11.6 Å². The Bertz CT molecular complexity index is 667. The smallest absolute Gasteiger partial charge is 0.243 e.